The Morgan fingerprint density at radius 1 is 1.14 bits per heavy atom. The molecule has 3 nitrogen and oxygen atoms in total. The largest absolute Gasteiger partial charge is 0.299 e. The van der Waals surface area contributed by atoms with Crippen LogP contribution in [0.2, 0.25) is 0 Å². The first kappa shape index (κ1) is 13.9. The van der Waals surface area contributed by atoms with Gasteiger partial charge in [-0.05, 0) is 31.2 Å². The molecule has 0 atom stereocenters. The number of aromatic nitrogens is 2. The third-order valence-electron chi connectivity index (χ3n) is 3.43. The van der Waals surface area contributed by atoms with Gasteiger partial charge in [0, 0.05) is 11.9 Å². The van der Waals surface area contributed by atoms with E-state index in [-0.39, 0.29) is 5.56 Å². The Morgan fingerprint density at radius 2 is 1.95 bits per heavy atom. The minimum absolute atomic E-state index is 0.0143. The maximum Gasteiger partial charge on any atom is 0.261 e. The highest BCUT2D eigenvalue weighted by Crippen LogP contribution is 2.22. The molecule has 0 spiro atoms. The summed E-state index contributed by atoms with van der Waals surface area (Å²) in [6, 6.07) is 15.8. The van der Waals surface area contributed by atoms with E-state index < -0.39 is 0 Å². The molecule has 0 unspecified atom stereocenters. The van der Waals surface area contributed by atoms with E-state index in [0.717, 1.165) is 11.3 Å². The zero-order valence-corrected chi connectivity index (χ0v) is 12.9. The number of aryl methyl sites for hydroxylation is 1. The molecule has 0 radical (unpaired) electrons. The molecule has 0 bridgehead atoms. The monoisotopic (exact) mass is 296 g/mol. The first-order valence-electron chi connectivity index (χ1n) is 6.79. The molecule has 4 heteroatoms. The Bertz CT molecular complexity index is 855. The van der Waals surface area contributed by atoms with Gasteiger partial charge in [-0.3, -0.25) is 9.36 Å². The molecular formula is C17H16N2OS. The van der Waals surface area contributed by atoms with Gasteiger partial charge in [0.2, 0.25) is 0 Å². The average molecular weight is 296 g/mol. The van der Waals surface area contributed by atoms with Gasteiger partial charge in [-0.1, -0.05) is 29.8 Å². The highest BCUT2D eigenvalue weighted by Gasteiger charge is 2.08. The van der Waals surface area contributed by atoms with Crippen molar-refractivity contribution in [1.29, 1.82) is 0 Å². The molecule has 3 aromatic rings. The van der Waals surface area contributed by atoms with E-state index in [1.165, 1.54) is 10.5 Å². The van der Waals surface area contributed by atoms with Gasteiger partial charge in [0.25, 0.3) is 5.56 Å². The minimum atomic E-state index is 0.0143. The van der Waals surface area contributed by atoms with Gasteiger partial charge >= 0.3 is 0 Å². The van der Waals surface area contributed by atoms with E-state index in [0.29, 0.717) is 11.1 Å². The molecule has 0 aliphatic rings. The molecule has 2 aromatic carbocycles. The van der Waals surface area contributed by atoms with Gasteiger partial charge < -0.3 is 0 Å². The number of fused-ring (bicyclic) bond motifs is 1. The molecule has 0 amide bonds. The van der Waals surface area contributed by atoms with E-state index in [9.17, 15) is 4.79 Å². The second kappa shape index (κ2) is 5.74. The molecule has 0 fully saturated rings. The van der Waals surface area contributed by atoms with Gasteiger partial charge in [-0.25, -0.2) is 4.98 Å². The SMILES string of the molecule is Cc1cccc(SCc2nc3ccccc3c(=O)n2C)c1. The Hall–Kier alpha value is -2.07. The van der Waals surface area contributed by atoms with Crippen molar-refractivity contribution < 1.29 is 0 Å². The predicted octanol–water partition coefficient (Wildman–Crippen LogP) is 3.53. The Balaban J connectivity index is 1.94. The van der Waals surface area contributed by atoms with Crippen molar-refractivity contribution in [2.75, 3.05) is 0 Å². The molecule has 1 heterocycles. The lowest BCUT2D eigenvalue weighted by Crippen LogP contribution is -2.21. The third kappa shape index (κ3) is 2.85. The number of benzene rings is 2. The summed E-state index contributed by atoms with van der Waals surface area (Å²) >= 11 is 1.70. The predicted molar refractivity (Wildman–Crippen MR) is 87.7 cm³/mol. The Labute approximate surface area is 127 Å². The zero-order valence-electron chi connectivity index (χ0n) is 12.0. The van der Waals surface area contributed by atoms with Crippen LogP contribution in [0, 0.1) is 6.92 Å². The molecule has 3 rings (SSSR count). The molecule has 0 N–H and O–H groups in total. The van der Waals surface area contributed by atoms with Gasteiger partial charge in [0.1, 0.15) is 5.82 Å². The van der Waals surface area contributed by atoms with Crippen LogP contribution in [0.4, 0.5) is 0 Å². The number of para-hydroxylation sites is 1. The summed E-state index contributed by atoms with van der Waals surface area (Å²) in [5.41, 5.74) is 2.02. The van der Waals surface area contributed by atoms with Crippen molar-refractivity contribution >= 4 is 22.7 Å². The fourth-order valence-corrected chi connectivity index (χ4v) is 3.24. The summed E-state index contributed by atoms with van der Waals surface area (Å²) in [5.74, 6) is 1.48. The lowest BCUT2D eigenvalue weighted by Gasteiger charge is -2.09. The average Bonchev–Trinajstić information content (AvgIpc) is 2.50. The maximum absolute atomic E-state index is 12.3. The summed E-state index contributed by atoms with van der Waals surface area (Å²) < 4.78 is 1.64. The van der Waals surface area contributed by atoms with Crippen molar-refractivity contribution in [2.45, 2.75) is 17.6 Å². The molecule has 0 aliphatic heterocycles. The van der Waals surface area contributed by atoms with Crippen molar-refractivity contribution in [3.05, 3.63) is 70.3 Å². The summed E-state index contributed by atoms with van der Waals surface area (Å²) in [5, 5.41) is 0.671. The first-order chi connectivity index (χ1) is 10.1. The van der Waals surface area contributed by atoms with Crippen molar-refractivity contribution in [1.82, 2.24) is 9.55 Å². The molecule has 0 saturated carbocycles. The normalized spacial score (nSPS) is 11.0. The summed E-state index contributed by atoms with van der Waals surface area (Å²) in [4.78, 5) is 18.1. The van der Waals surface area contributed by atoms with Crippen LogP contribution >= 0.6 is 11.8 Å². The standard InChI is InChI=1S/C17H16N2OS/c1-12-6-5-7-13(10-12)21-11-16-18-15-9-4-3-8-14(15)17(20)19(16)2/h3-10H,11H2,1-2H3. The number of nitrogens with zero attached hydrogens (tertiary/aromatic N) is 2. The van der Waals surface area contributed by atoms with E-state index >= 15 is 0 Å². The van der Waals surface area contributed by atoms with Crippen molar-refractivity contribution in [2.24, 2.45) is 7.05 Å². The smallest absolute Gasteiger partial charge is 0.261 e. The topological polar surface area (TPSA) is 34.9 Å². The lowest BCUT2D eigenvalue weighted by atomic mass is 10.2. The molecule has 21 heavy (non-hydrogen) atoms. The van der Waals surface area contributed by atoms with Crippen LogP contribution in [0.25, 0.3) is 10.9 Å². The van der Waals surface area contributed by atoms with Crippen LogP contribution in [-0.4, -0.2) is 9.55 Å². The van der Waals surface area contributed by atoms with E-state index in [4.69, 9.17) is 0 Å². The maximum atomic E-state index is 12.3. The minimum Gasteiger partial charge on any atom is -0.299 e. The Kier molecular flexibility index (Phi) is 3.80. The summed E-state index contributed by atoms with van der Waals surface area (Å²) in [7, 11) is 1.79. The van der Waals surface area contributed by atoms with E-state index in [1.54, 1.807) is 23.4 Å². The first-order valence-corrected chi connectivity index (χ1v) is 7.78. The van der Waals surface area contributed by atoms with E-state index in [2.05, 4.69) is 30.1 Å². The summed E-state index contributed by atoms with van der Waals surface area (Å²) in [6.45, 7) is 2.08. The fourth-order valence-electron chi connectivity index (χ4n) is 2.25. The van der Waals surface area contributed by atoms with Gasteiger partial charge in [-0.2, -0.15) is 0 Å². The van der Waals surface area contributed by atoms with Gasteiger partial charge in [0.05, 0.1) is 16.7 Å². The van der Waals surface area contributed by atoms with E-state index in [1.807, 2.05) is 30.3 Å². The highest BCUT2D eigenvalue weighted by molar-refractivity contribution is 7.98. The van der Waals surface area contributed by atoms with Crippen LogP contribution in [0.1, 0.15) is 11.4 Å². The van der Waals surface area contributed by atoms with Gasteiger partial charge in [0.15, 0.2) is 0 Å². The second-order valence-electron chi connectivity index (χ2n) is 5.01. The van der Waals surface area contributed by atoms with Gasteiger partial charge in [-0.15, -0.1) is 11.8 Å². The van der Waals surface area contributed by atoms with Crippen LogP contribution in [0.3, 0.4) is 0 Å². The molecular weight excluding hydrogens is 280 g/mol. The Morgan fingerprint density at radius 3 is 2.76 bits per heavy atom. The fraction of sp³-hybridized carbons (Fsp3) is 0.176. The van der Waals surface area contributed by atoms with Crippen molar-refractivity contribution in [3.8, 4) is 0 Å². The number of hydrogen-bond acceptors (Lipinski definition) is 3. The van der Waals surface area contributed by atoms with Crippen LogP contribution < -0.4 is 5.56 Å². The summed E-state index contributed by atoms with van der Waals surface area (Å²) in [6.07, 6.45) is 0. The molecule has 0 aliphatic carbocycles. The number of hydrogen-bond donors (Lipinski definition) is 0. The second-order valence-corrected chi connectivity index (χ2v) is 6.06. The molecule has 0 saturated heterocycles. The van der Waals surface area contributed by atoms with Crippen LogP contribution in [0.5, 0.6) is 0 Å². The highest BCUT2D eigenvalue weighted by atomic mass is 32.2. The van der Waals surface area contributed by atoms with Crippen molar-refractivity contribution in [3.63, 3.8) is 0 Å². The quantitative estimate of drug-likeness (QED) is 0.693. The third-order valence-corrected chi connectivity index (χ3v) is 4.42. The number of thioether (sulfide) groups is 1. The lowest BCUT2D eigenvalue weighted by molar-refractivity contribution is 0.785. The molecule has 1 aromatic heterocycles. The number of rotatable bonds is 3. The zero-order chi connectivity index (χ0) is 14.8. The van der Waals surface area contributed by atoms with Crippen LogP contribution in [0.15, 0.2) is 58.2 Å². The van der Waals surface area contributed by atoms with Crippen LogP contribution in [-0.2, 0) is 12.8 Å². The molecule has 106 valence electrons.